The van der Waals surface area contributed by atoms with Gasteiger partial charge in [0, 0.05) is 37.9 Å². The van der Waals surface area contributed by atoms with Crippen molar-refractivity contribution in [1.82, 2.24) is 4.90 Å². The van der Waals surface area contributed by atoms with E-state index in [0.29, 0.717) is 18.0 Å². The number of carbonyl (C=O) groups is 1. The molecule has 1 amide bonds. The topological polar surface area (TPSA) is 83.7 Å². The number of carbonyl (C=O) groups excluding carboxylic acids is 1. The zero-order valence-electron chi connectivity index (χ0n) is 14.7. The molecule has 0 bridgehead atoms. The molecule has 0 aliphatic carbocycles. The van der Waals surface area contributed by atoms with Crippen LogP contribution in [0.25, 0.3) is 0 Å². The van der Waals surface area contributed by atoms with Gasteiger partial charge >= 0.3 is 0 Å². The number of benzene rings is 2. The number of nitrogens with zero attached hydrogens (tertiary/aromatic N) is 2. The van der Waals surface area contributed by atoms with Gasteiger partial charge in [-0.2, -0.15) is 0 Å². The molecule has 0 saturated carbocycles. The van der Waals surface area contributed by atoms with Crippen molar-refractivity contribution in [2.75, 3.05) is 31.6 Å². The van der Waals surface area contributed by atoms with E-state index in [2.05, 4.69) is 17.0 Å². The van der Waals surface area contributed by atoms with Gasteiger partial charge < -0.3 is 9.80 Å². The van der Waals surface area contributed by atoms with Crippen LogP contribution < -0.4 is 10.0 Å². The van der Waals surface area contributed by atoms with Crippen molar-refractivity contribution in [3.8, 4) is 0 Å². The summed E-state index contributed by atoms with van der Waals surface area (Å²) in [5, 5.41) is 5.08. The predicted octanol–water partition coefficient (Wildman–Crippen LogP) is 1.93. The molecule has 2 aromatic rings. The first-order valence-electron chi connectivity index (χ1n) is 8.53. The molecule has 138 valence electrons. The van der Waals surface area contributed by atoms with Crippen molar-refractivity contribution in [3.63, 3.8) is 0 Å². The molecule has 1 aliphatic rings. The van der Waals surface area contributed by atoms with E-state index in [1.54, 1.807) is 11.9 Å². The van der Waals surface area contributed by atoms with Crippen LogP contribution in [0.3, 0.4) is 0 Å². The Morgan fingerprint density at radius 3 is 2.42 bits per heavy atom. The zero-order valence-corrected chi connectivity index (χ0v) is 15.5. The van der Waals surface area contributed by atoms with Crippen LogP contribution in [0, 0.1) is 5.92 Å². The number of sulfonamides is 1. The lowest BCUT2D eigenvalue weighted by Gasteiger charge is -2.23. The summed E-state index contributed by atoms with van der Waals surface area (Å²) in [6.07, 6.45) is 1.04. The number of hydrogen-bond donors (Lipinski definition) is 1. The maximum absolute atomic E-state index is 12.6. The van der Waals surface area contributed by atoms with Crippen molar-refractivity contribution in [1.29, 1.82) is 0 Å². The van der Waals surface area contributed by atoms with Crippen molar-refractivity contribution in [2.45, 2.75) is 11.3 Å². The van der Waals surface area contributed by atoms with Crippen LogP contribution in [0.1, 0.15) is 16.8 Å². The van der Waals surface area contributed by atoms with Gasteiger partial charge in [-0.1, -0.05) is 18.2 Å². The van der Waals surface area contributed by atoms with Gasteiger partial charge in [0.25, 0.3) is 5.91 Å². The van der Waals surface area contributed by atoms with E-state index in [1.165, 1.54) is 30.0 Å². The van der Waals surface area contributed by atoms with Crippen LogP contribution in [0.2, 0.25) is 0 Å². The second-order valence-electron chi connectivity index (χ2n) is 6.69. The highest BCUT2D eigenvalue weighted by atomic mass is 32.2. The molecule has 0 unspecified atom stereocenters. The molecule has 1 atom stereocenters. The van der Waals surface area contributed by atoms with E-state index in [1.807, 2.05) is 18.2 Å². The third kappa shape index (κ3) is 4.23. The van der Waals surface area contributed by atoms with Gasteiger partial charge in [0.15, 0.2) is 0 Å². The van der Waals surface area contributed by atoms with E-state index < -0.39 is 10.0 Å². The molecule has 1 heterocycles. The average Bonchev–Trinajstić information content (AvgIpc) is 3.09. The normalized spacial score (nSPS) is 17.3. The SMILES string of the molecule is CN(C[C@H]1CCN(c2ccccc2)C1)C(=O)c1ccc(S(N)(=O)=O)cc1. The number of rotatable bonds is 5. The van der Waals surface area contributed by atoms with Crippen LogP contribution in [0.4, 0.5) is 5.69 Å². The molecule has 0 radical (unpaired) electrons. The fourth-order valence-corrected chi connectivity index (χ4v) is 3.85. The highest BCUT2D eigenvalue weighted by molar-refractivity contribution is 7.89. The van der Waals surface area contributed by atoms with E-state index in [-0.39, 0.29) is 10.8 Å². The summed E-state index contributed by atoms with van der Waals surface area (Å²) in [4.78, 5) is 16.6. The van der Waals surface area contributed by atoms with E-state index in [4.69, 9.17) is 5.14 Å². The molecule has 7 heteroatoms. The second kappa shape index (κ2) is 7.47. The summed E-state index contributed by atoms with van der Waals surface area (Å²) in [5.74, 6) is 0.289. The average molecular weight is 373 g/mol. The van der Waals surface area contributed by atoms with Gasteiger partial charge in [0.1, 0.15) is 0 Å². The van der Waals surface area contributed by atoms with Crippen LogP contribution >= 0.6 is 0 Å². The Balaban J connectivity index is 1.60. The lowest BCUT2D eigenvalue weighted by Crippen LogP contribution is -2.33. The number of nitrogens with two attached hydrogens (primary N) is 1. The first kappa shape index (κ1) is 18.4. The molecule has 6 nitrogen and oxygen atoms in total. The fourth-order valence-electron chi connectivity index (χ4n) is 3.33. The smallest absolute Gasteiger partial charge is 0.253 e. The number of amides is 1. The quantitative estimate of drug-likeness (QED) is 0.868. The van der Waals surface area contributed by atoms with Crippen LogP contribution in [0.15, 0.2) is 59.5 Å². The number of anilines is 1. The zero-order chi connectivity index (χ0) is 18.7. The summed E-state index contributed by atoms with van der Waals surface area (Å²) in [7, 11) is -1.97. The largest absolute Gasteiger partial charge is 0.371 e. The first-order chi connectivity index (χ1) is 12.3. The second-order valence-corrected chi connectivity index (χ2v) is 8.25. The summed E-state index contributed by atoms with van der Waals surface area (Å²) in [5.41, 5.74) is 1.67. The minimum absolute atomic E-state index is 0.00555. The van der Waals surface area contributed by atoms with Gasteiger partial charge in [-0.15, -0.1) is 0 Å². The lowest BCUT2D eigenvalue weighted by molar-refractivity contribution is 0.0776. The maximum atomic E-state index is 12.6. The van der Waals surface area contributed by atoms with Gasteiger partial charge in [-0.05, 0) is 48.7 Å². The van der Waals surface area contributed by atoms with E-state index in [0.717, 1.165) is 19.5 Å². The Morgan fingerprint density at radius 2 is 1.81 bits per heavy atom. The molecule has 1 aliphatic heterocycles. The summed E-state index contributed by atoms with van der Waals surface area (Å²) in [6.45, 7) is 2.57. The molecule has 0 aromatic heterocycles. The Bertz CT molecular complexity index is 867. The molecular weight excluding hydrogens is 350 g/mol. The lowest BCUT2D eigenvalue weighted by atomic mass is 10.1. The number of para-hydroxylation sites is 1. The van der Waals surface area contributed by atoms with Gasteiger partial charge in [-0.25, -0.2) is 13.6 Å². The molecule has 1 fully saturated rings. The summed E-state index contributed by atoms with van der Waals surface area (Å²) >= 11 is 0. The monoisotopic (exact) mass is 373 g/mol. The predicted molar refractivity (Wildman–Crippen MR) is 102 cm³/mol. The third-order valence-corrected chi connectivity index (χ3v) is 5.64. The summed E-state index contributed by atoms with van der Waals surface area (Å²) < 4.78 is 22.6. The molecule has 2 N–H and O–H groups in total. The fraction of sp³-hybridized carbons (Fsp3) is 0.316. The highest BCUT2D eigenvalue weighted by Crippen LogP contribution is 2.24. The minimum atomic E-state index is -3.75. The minimum Gasteiger partial charge on any atom is -0.371 e. The number of hydrogen-bond acceptors (Lipinski definition) is 4. The van der Waals surface area contributed by atoms with Crippen molar-refractivity contribution in [3.05, 3.63) is 60.2 Å². The Morgan fingerprint density at radius 1 is 1.15 bits per heavy atom. The Hall–Kier alpha value is -2.38. The highest BCUT2D eigenvalue weighted by Gasteiger charge is 2.25. The van der Waals surface area contributed by atoms with Crippen LogP contribution in [-0.2, 0) is 10.0 Å². The molecule has 3 rings (SSSR count). The van der Waals surface area contributed by atoms with Crippen molar-refractivity contribution in [2.24, 2.45) is 11.1 Å². The van der Waals surface area contributed by atoms with Crippen LogP contribution in [-0.4, -0.2) is 45.9 Å². The van der Waals surface area contributed by atoms with Crippen LogP contribution in [0.5, 0.6) is 0 Å². The van der Waals surface area contributed by atoms with E-state index >= 15 is 0 Å². The molecule has 26 heavy (non-hydrogen) atoms. The third-order valence-electron chi connectivity index (χ3n) is 4.72. The molecule has 1 saturated heterocycles. The van der Waals surface area contributed by atoms with Crippen molar-refractivity contribution < 1.29 is 13.2 Å². The molecular formula is C19H23N3O3S. The standard InChI is InChI=1S/C19H23N3O3S/c1-21(19(23)16-7-9-18(10-8-16)26(20,24)25)13-15-11-12-22(14-15)17-5-3-2-4-6-17/h2-10,15H,11-14H2,1H3,(H2,20,24,25)/t15-/m1/s1. The van der Waals surface area contributed by atoms with Gasteiger partial charge in [0.05, 0.1) is 4.90 Å². The Kier molecular flexibility index (Phi) is 5.29. The number of primary sulfonamides is 1. The first-order valence-corrected chi connectivity index (χ1v) is 10.1. The maximum Gasteiger partial charge on any atom is 0.253 e. The molecule has 0 spiro atoms. The van der Waals surface area contributed by atoms with Crippen molar-refractivity contribution >= 4 is 21.6 Å². The van der Waals surface area contributed by atoms with Gasteiger partial charge in [-0.3, -0.25) is 4.79 Å². The van der Waals surface area contributed by atoms with Gasteiger partial charge in [0.2, 0.25) is 10.0 Å². The summed E-state index contributed by atoms with van der Waals surface area (Å²) in [6, 6.07) is 16.0. The Labute approximate surface area is 154 Å². The molecule has 2 aromatic carbocycles. The van der Waals surface area contributed by atoms with E-state index in [9.17, 15) is 13.2 Å².